The molecule has 1 atom stereocenters. The van der Waals surface area contributed by atoms with Gasteiger partial charge in [0.05, 0.1) is 18.1 Å². The lowest BCUT2D eigenvalue weighted by Gasteiger charge is -2.21. The Hall–Kier alpha value is -1.99. The minimum absolute atomic E-state index is 0.0248. The summed E-state index contributed by atoms with van der Waals surface area (Å²) in [5, 5.41) is 10.9. The molecule has 0 bridgehead atoms. The van der Waals surface area contributed by atoms with Crippen molar-refractivity contribution < 1.29 is 9.84 Å². The van der Waals surface area contributed by atoms with E-state index in [-0.39, 0.29) is 12.1 Å². The van der Waals surface area contributed by atoms with Crippen molar-refractivity contribution in [2.75, 3.05) is 19.8 Å². The van der Waals surface area contributed by atoms with Crippen LogP contribution in [0.25, 0.3) is 22.0 Å². The molecule has 3 heterocycles. The highest BCUT2D eigenvalue weighted by molar-refractivity contribution is 7.97. The number of hydrogen-bond acceptors (Lipinski definition) is 5. The molecule has 0 unspecified atom stereocenters. The average Bonchev–Trinajstić information content (AvgIpc) is 3.49. The number of aromatic nitrogens is 1. The van der Waals surface area contributed by atoms with Gasteiger partial charge in [-0.05, 0) is 99.1 Å². The van der Waals surface area contributed by atoms with E-state index in [2.05, 4.69) is 71.8 Å². The quantitative estimate of drug-likeness (QED) is 0.454. The van der Waals surface area contributed by atoms with E-state index in [1.54, 1.807) is 11.9 Å². The molecule has 170 valence electrons. The SMILES string of the molecule is CC(C)(C)NSc1cc(-c2ccc3[nH]c(CN4CCC[C@@H]4CO)cc3c2)cc2c1OCC2. The summed E-state index contributed by atoms with van der Waals surface area (Å²) in [5.74, 6) is 1.03. The molecule has 1 aromatic heterocycles. The van der Waals surface area contributed by atoms with E-state index in [1.165, 1.54) is 34.2 Å². The van der Waals surface area contributed by atoms with Crippen molar-refractivity contribution in [1.29, 1.82) is 0 Å². The van der Waals surface area contributed by atoms with Crippen molar-refractivity contribution >= 4 is 22.9 Å². The number of nitrogens with zero attached hydrogens (tertiary/aromatic N) is 1. The van der Waals surface area contributed by atoms with Crippen molar-refractivity contribution in [2.45, 2.75) is 63.1 Å². The number of hydrogen-bond donors (Lipinski definition) is 3. The van der Waals surface area contributed by atoms with Gasteiger partial charge in [0.15, 0.2) is 0 Å². The summed E-state index contributed by atoms with van der Waals surface area (Å²) in [6, 6.07) is 13.8. The van der Waals surface area contributed by atoms with E-state index in [4.69, 9.17) is 4.74 Å². The summed E-state index contributed by atoms with van der Waals surface area (Å²) in [4.78, 5) is 7.12. The highest BCUT2D eigenvalue weighted by atomic mass is 32.2. The summed E-state index contributed by atoms with van der Waals surface area (Å²) in [6.45, 7) is 9.45. The van der Waals surface area contributed by atoms with Crippen LogP contribution in [0.4, 0.5) is 0 Å². The molecule has 2 aliphatic heterocycles. The van der Waals surface area contributed by atoms with Gasteiger partial charge in [-0.15, -0.1) is 0 Å². The fourth-order valence-corrected chi connectivity index (χ4v) is 5.59. The monoisotopic (exact) mass is 451 g/mol. The molecule has 32 heavy (non-hydrogen) atoms. The van der Waals surface area contributed by atoms with Crippen LogP contribution in [0.2, 0.25) is 0 Å². The maximum Gasteiger partial charge on any atom is 0.137 e. The Kier molecular flexibility index (Phi) is 5.97. The fourth-order valence-electron chi connectivity index (χ4n) is 4.71. The van der Waals surface area contributed by atoms with E-state index in [0.29, 0.717) is 6.04 Å². The van der Waals surface area contributed by atoms with Crippen LogP contribution >= 0.6 is 11.9 Å². The van der Waals surface area contributed by atoms with E-state index < -0.39 is 0 Å². The molecular formula is C26H33N3O2S. The molecular weight excluding hydrogens is 418 g/mol. The van der Waals surface area contributed by atoms with Gasteiger partial charge < -0.3 is 14.8 Å². The highest BCUT2D eigenvalue weighted by Crippen LogP contribution is 2.40. The van der Waals surface area contributed by atoms with Crippen LogP contribution in [0.5, 0.6) is 5.75 Å². The van der Waals surface area contributed by atoms with Crippen molar-refractivity contribution in [3.05, 3.63) is 47.7 Å². The molecule has 2 aromatic carbocycles. The first kappa shape index (κ1) is 21.8. The van der Waals surface area contributed by atoms with Crippen LogP contribution in [0.15, 0.2) is 41.3 Å². The Morgan fingerprint density at radius 2 is 2.06 bits per heavy atom. The zero-order valence-electron chi connectivity index (χ0n) is 19.2. The van der Waals surface area contributed by atoms with Crippen LogP contribution in [0, 0.1) is 0 Å². The molecule has 2 aliphatic rings. The summed E-state index contributed by atoms with van der Waals surface area (Å²) < 4.78 is 9.48. The van der Waals surface area contributed by atoms with Crippen molar-refractivity contribution in [3.63, 3.8) is 0 Å². The van der Waals surface area contributed by atoms with Crippen LogP contribution in [-0.2, 0) is 13.0 Å². The third-order valence-electron chi connectivity index (χ3n) is 6.31. The van der Waals surface area contributed by atoms with E-state index in [1.807, 2.05) is 0 Å². The third kappa shape index (κ3) is 4.55. The standard InChI is InChI=1S/C26H33N3O2S/c1-26(2,3)28-32-24-14-19(12-18-8-10-31-25(18)24)17-6-7-23-20(11-17)13-21(27-23)15-29-9-4-5-22(29)16-30/h6-7,11-14,22,27-28,30H,4-5,8-10,15-16H2,1-3H3/t22-/m1/s1. The molecule has 3 aromatic rings. The van der Waals surface area contributed by atoms with Gasteiger partial charge in [-0.25, -0.2) is 0 Å². The van der Waals surface area contributed by atoms with Gasteiger partial charge in [0.2, 0.25) is 0 Å². The molecule has 0 amide bonds. The van der Waals surface area contributed by atoms with Crippen LogP contribution < -0.4 is 9.46 Å². The highest BCUT2D eigenvalue weighted by Gasteiger charge is 2.24. The first-order valence-corrected chi connectivity index (χ1v) is 12.4. The largest absolute Gasteiger partial charge is 0.492 e. The molecule has 3 N–H and O–H groups in total. The lowest BCUT2D eigenvalue weighted by atomic mass is 10.0. The number of nitrogens with one attached hydrogen (secondary N) is 2. The second-order valence-electron chi connectivity index (χ2n) is 10.1. The van der Waals surface area contributed by atoms with Gasteiger partial charge in [-0.1, -0.05) is 6.07 Å². The van der Waals surface area contributed by atoms with Gasteiger partial charge in [0.25, 0.3) is 0 Å². The Morgan fingerprint density at radius 3 is 2.88 bits per heavy atom. The Balaban J connectivity index is 1.43. The maximum atomic E-state index is 9.62. The summed E-state index contributed by atoms with van der Waals surface area (Å²) in [6.07, 6.45) is 3.22. The summed E-state index contributed by atoms with van der Waals surface area (Å²) in [5.41, 5.74) is 6.15. The van der Waals surface area contributed by atoms with Gasteiger partial charge in [0, 0.05) is 41.1 Å². The number of ether oxygens (including phenoxy) is 1. The van der Waals surface area contributed by atoms with Crippen molar-refractivity contribution in [3.8, 4) is 16.9 Å². The number of likely N-dealkylation sites (tertiary alicyclic amines) is 1. The van der Waals surface area contributed by atoms with E-state index in [0.717, 1.165) is 48.7 Å². The Bertz CT molecular complexity index is 1120. The first-order valence-electron chi connectivity index (χ1n) is 11.6. The van der Waals surface area contributed by atoms with Crippen molar-refractivity contribution in [2.24, 2.45) is 0 Å². The average molecular weight is 452 g/mol. The van der Waals surface area contributed by atoms with E-state index >= 15 is 0 Å². The summed E-state index contributed by atoms with van der Waals surface area (Å²) >= 11 is 1.66. The Morgan fingerprint density at radius 1 is 1.19 bits per heavy atom. The number of fused-ring (bicyclic) bond motifs is 2. The van der Waals surface area contributed by atoms with Gasteiger partial charge in [0.1, 0.15) is 5.75 Å². The molecule has 6 heteroatoms. The first-order chi connectivity index (χ1) is 15.4. The number of rotatable bonds is 6. The minimum Gasteiger partial charge on any atom is -0.492 e. The van der Waals surface area contributed by atoms with Gasteiger partial charge in [-0.2, -0.15) is 0 Å². The number of aliphatic hydroxyl groups is 1. The summed E-state index contributed by atoms with van der Waals surface area (Å²) in [7, 11) is 0. The minimum atomic E-state index is 0.0248. The normalized spacial score (nSPS) is 18.9. The Labute approximate surface area is 194 Å². The van der Waals surface area contributed by atoms with Gasteiger partial charge in [-0.3, -0.25) is 9.62 Å². The van der Waals surface area contributed by atoms with Crippen LogP contribution in [-0.4, -0.2) is 46.3 Å². The third-order valence-corrected chi connectivity index (χ3v) is 7.55. The topological polar surface area (TPSA) is 60.5 Å². The molecule has 0 aliphatic carbocycles. The number of aromatic amines is 1. The zero-order chi connectivity index (χ0) is 22.3. The molecule has 0 spiro atoms. The second kappa shape index (κ2) is 8.75. The van der Waals surface area contributed by atoms with Crippen molar-refractivity contribution in [1.82, 2.24) is 14.6 Å². The van der Waals surface area contributed by atoms with Gasteiger partial charge >= 0.3 is 0 Å². The van der Waals surface area contributed by atoms with E-state index in [9.17, 15) is 5.11 Å². The molecule has 5 rings (SSSR count). The smallest absolute Gasteiger partial charge is 0.137 e. The maximum absolute atomic E-state index is 9.62. The molecule has 1 fully saturated rings. The molecule has 1 saturated heterocycles. The van der Waals surface area contributed by atoms with Crippen LogP contribution in [0.1, 0.15) is 44.9 Å². The lowest BCUT2D eigenvalue weighted by Crippen LogP contribution is -2.31. The number of aliphatic hydroxyl groups excluding tert-OH is 1. The zero-order valence-corrected chi connectivity index (χ0v) is 20.0. The predicted molar refractivity (Wildman–Crippen MR) is 132 cm³/mol. The molecule has 0 saturated carbocycles. The second-order valence-corrected chi connectivity index (χ2v) is 10.9. The number of benzene rings is 2. The molecule has 0 radical (unpaired) electrons. The van der Waals surface area contributed by atoms with Crippen LogP contribution in [0.3, 0.4) is 0 Å². The fraction of sp³-hybridized carbons (Fsp3) is 0.462. The number of H-pyrrole nitrogens is 1. The molecule has 5 nitrogen and oxygen atoms in total. The predicted octanol–water partition coefficient (Wildman–Crippen LogP) is 5.12. The lowest BCUT2D eigenvalue weighted by molar-refractivity contribution is 0.152.